The summed E-state index contributed by atoms with van der Waals surface area (Å²) in [4.78, 5) is 2.62. The first-order valence-corrected chi connectivity index (χ1v) is 6.75. The predicted molar refractivity (Wildman–Crippen MR) is 76.9 cm³/mol. The third kappa shape index (κ3) is 18.7. The summed E-state index contributed by atoms with van der Waals surface area (Å²) in [6.45, 7) is 5.07. The van der Waals surface area contributed by atoms with Crippen LogP contribution in [0.1, 0.15) is 0 Å². The van der Waals surface area contributed by atoms with Gasteiger partial charge in [0.1, 0.15) is 6.61 Å². The molecule has 0 atom stereocenters. The summed E-state index contributed by atoms with van der Waals surface area (Å²) >= 11 is 0. The number of azide groups is 1. The molecule has 0 aliphatic heterocycles. The molecule has 8 heteroatoms. The van der Waals surface area contributed by atoms with Crippen LogP contribution in [0.3, 0.4) is 0 Å². The van der Waals surface area contributed by atoms with Gasteiger partial charge in [0.15, 0.2) is 0 Å². The van der Waals surface area contributed by atoms with Crippen molar-refractivity contribution in [2.75, 3.05) is 72.6 Å². The SMILES string of the molecule is C#CCOCCOCCOCCOCCOCCN=[N+]=[N-]. The van der Waals surface area contributed by atoms with Crippen LogP contribution in [0.5, 0.6) is 0 Å². The molecule has 8 nitrogen and oxygen atoms in total. The first-order valence-electron chi connectivity index (χ1n) is 6.75. The minimum Gasteiger partial charge on any atom is -0.379 e. The zero-order valence-corrected chi connectivity index (χ0v) is 12.2. The molecule has 0 fully saturated rings. The van der Waals surface area contributed by atoms with E-state index in [0.717, 1.165) is 0 Å². The van der Waals surface area contributed by atoms with E-state index >= 15 is 0 Å². The maximum absolute atomic E-state index is 8.03. The molecule has 0 amide bonds. The molecule has 0 aliphatic carbocycles. The maximum Gasteiger partial charge on any atom is 0.107 e. The molecule has 0 aromatic carbocycles. The lowest BCUT2D eigenvalue weighted by atomic mass is 10.6. The topological polar surface area (TPSA) is 94.9 Å². The van der Waals surface area contributed by atoms with Gasteiger partial charge in [0, 0.05) is 11.5 Å². The molecular weight excluding hydrogens is 278 g/mol. The van der Waals surface area contributed by atoms with Crippen molar-refractivity contribution < 1.29 is 23.7 Å². The van der Waals surface area contributed by atoms with Crippen molar-refractivity contribution in [1.29, 1.82) is 0 Å². The first kappa shape index (κ1) is 19.7. The Bertz CT molecular complexity index is 303. The third-order valence-electron chi connectivity index (χ3n) is 2.07. The lowest BCUT2D eigenvalue weighted by Gasteiger charge is -2.07. The summed E-state index contributed by atoms with van der Waals surface area (Å²) < 4.78 is 26.0. The van der Waals surface area contributed by atoms with E-state index in [1.54, 1.807) is 0 Å². The van der Waals surface area contributed by atoms with Crippen molar-refractivity contribution in [3.63, 3.8) is 0 Å². The summed E-state index contributed by atoms with van der Waals surface area (Å²) in [6.07, 6.45) is 5.02. The third-order valence-corrected chi connectivity index (χ3v) is 2.07. The lowest BCUT2D eigenvalue weighted by Crippen LogP contribution is -2.13. The molecule has 0 saturated carbocycles. The predicted octanol–water partition coefficient (Wildman–Crippen LogP) is 1.01. The standard InChI is InChI=1S/C13H23N3O5/c1-2-4-17-6-8-19-10-12-21-13-11-20-9-7-18-5-3-15-16-14/h1H,3-13H2. The summed E-state index contributed by atoms with van der Waals surface area (Å²) in [5.74, 6) is 2.38. The van der Waals surface area contributed by atoms with E-state index in [2.05, 4.69) is 15.9 Å². The van der Waals surface area contributed by atoms with Gasteiger partial charge in [0.05, 0.1) is 59.5 Å². The Morgan fingerprint density at radius 1 is 0.762 bits per heavy atom. The van der Waals surface area contributed by atoms with Crippen LogP contribution < -0.4 is 0 Å². The molecule has 0 saturated heterocycles. The molecule has 0 N–H and O–H groups in total. The van der Waals surface area contributed by atoms with Gasteiger partial charge in [-0.25, -0.2) is 0 Å². The van der Waals surface area contributed by atoms with Crippen LogP contribution in [0, 0.1) is 12.3 Å². The fraction of sp³-hybridized carbons (Fsp3) is 0.846. The number of rotatable bonds is 16. The van der Waals surface area contributed by atoms with E-state index in [9.17, 15) is 0 Å². The Balaban J connectivity index is 2.96. The summed E-state index contributed by atoms with van der Waals surface area (Å²) in [7, 11) is 0. The minimum absolute atomic E-state index is 0.312. The van der Waals surface area contributed by atoms with Gasteiger partial charge in [0.25, 0.3) is 0 Å². The number of nitrogens with zero attached hydrogens (tertiary/aromatic N) is 3. The highest BCUT2D eigenvalue weighted by atomic mass is 16.6. The molecule has 0 aromatic heterocycles. The van der Waals surface area contributed by atoms with Crippen LogP contribution in [0.4, 0.5) is 0 Å². The van der Waals surface area contributed by atoms with Crippen molar-refractivity contribution in [3.05, 3.63) is 10.4 Å². The zero-order chi connectivity index (χ0) is 15.4. The van der Waals surface area contributed by atoms with Crippen LogP contribution in [-0.4, -0.2) is 72.6 Å². The molecule has 0 heterocycles. The Hall–Kier alpha value is -1.33. The van der Waals surface area contributed by atoms with Gasteiger partial charge in [-0.2, -0.15) is 0 Å². The smallest absolute Gasteiger partial charge is 0.107 e. The average Bonchev–Trinajstić information content (AvgIpc) is 2.50. The summed E-state index contributed by atoms with van der Waals surface area (Å²) in [6, 6.07) is 0. The van der Waals surface area contributed by atoms with E-state index in [4.69, 9.17) is 35.6 Å². The molecule has 0 aliphatic rings. The monoisotopic (exact) mass is 301 g/mol. The fourth-order valence-corrected chi connectivity index (χ4v) is 1.16. The number of hydrogen-bond acceptors (Lipinski definition) is 6. The Labute approximate surface area is 125 Å². The molecule has 21 heavy (non-hydrogen) atoms. The number of hydrogen-bond donors (Lipinski definition) is 0. The first-order chi connectivity index (χ1) is 10.4. The van der Waals surface area contributed by atoms with Crippen molar-refractivity contribution in [2.45, 2.75) is 0 Å². The van der Waals surface area contributed by atoms with Gasteiger partial charge in [-0.1, -0.05) is 11.0 Å². The normalized spacial score (nSPS) is 10.0. The molecule has 0 unspecified atom stereocenters. The van der Waals surface area contributed by atoms with Crippen LogP contribution in [-0.2, 0) is 23.7 Å². The van der Waals surface area contributed by atoms with E-state index in [1.165, 1.54) is 0 Å². The average molecular weight is 301 g/mol. The van der Waals surface area contributed by atoms with Crippen molar-refractivity contribution in [1.82, 2.24) is 0 Å². The quantitative estimate of drug-likeness (QED) is 0.139. The zero-order valence-electron chi connectivity index (χ0n) is 12.2. The summed E-state index contributed by atoms with van der Waals surface area (Å²) in [5.41, 5.74) is 8.03. The molecule has 0 radical (unpaired) electrons. The Kier molecular flexibility index (Phi) is 17.5. The molecule has 120 valence electrons. The minimum atomic E-state index is 0.312. The number of terminal acetylenes is 1. The second-order valence-corrected chi connectivity index (χ2v) is 3.66. The van der Waals surface area contributed by atoms with E-state index in [0.29, 0.717) is 72.6 Å². The molecule has 0 spiro atoms. The maximum atomic E-state index is 8.03. The highest BCUT2D eigenvalue weighted by molar-refractivity contribution is 4.82. The van der Waals surface area contributed by atoms with Gasteiger partial charge in [0.2, 0.25) is 0 Å². The number of ether oxygens (including phenoxy) is 5. The van der Waals surface area contributed by atoms with E-state index in [1.807, 2.05) is 0 Å². The van der Waals surface area contributed by atoms with Gasteiger partial charge >= 0.3 is 0 Å². The van der Waals surface area contributed by atoms with Crippen molar-refractivity contribution in [3.8, 4) is 12.3 Å². The second kappa shape index (κ2) is 18.7. The van der Waals surface area contributed by atoms with Gasteiger partial charge in [-0.15, -0.1) is 6.42 Å². The summed E-state index contributed by atoms with van der Waals surface area (Å²) in [5, 5.41) is 3.34. The van der Waals surface area contributed by atoms with Crippen LogP contribution in [0.25, 0.3) is 10.4 Å². The molecular formula is C13H23N3O5. The lowest BCUT2D eigenvalue weighted by molar-refractivity contribution is -0.00857. The van der Waals surface area contributed by atoms with Crippen LogP contribution in [0.15, 0.2) is 5.11 Å². The van der Waals surface area contributed by atoms with Crippen LogP contribution in [0.2, 0.25) is 0 Å². The van der Waals surface area contributed by atoms with Gasteiger partial charge < -0.3 is 23.7 Å². The van der Waals surface area contributed by atoms with E-state index in [-0.39, 0.29) is 0 Å². The van der Waals surface area contributed by atoms with E-state index < -0.39 is 0 Å². The fourth-order valence-electron chi connectivity index (χ4n) is 1.16. The molecule has 0 aromatic rings. The van der Waals surface area contributed by atoms with Gasteiger partial charge in [-0.05, 0) is 5.53 Å². The second-order valence-electron chi connectivity index (χ2n) is 3.66. The molecule has 0 rings (SSSR count). The van der Waals surface area contributed by atoms with Crippen molar-refractivity contribution >= 4 is 0 Å². The largest absolute Gasteiger partial charge is 0.379 e. The van der Waals surface area contributed by atoms with Gasteiger partial charge in [-0.3, -0.25) is 0 Å². The highest BCUT2D eigenvalue weighted by Crippen LogP contribution is 1.84. The van der Waals surface area contributed by atoms with Crippen molar-refractivity contribution in [2.24, 2.45) is 5.11 Å². The highest BCUT2D eigenvalue weighted by Gasteiger charge is 1.92. The van der Waals surface area contributed by atoms with Crippen LogP contribution >= 0.6 is 0 Å². The Morgan fingerprint density at radius 2 is 1.19 bits per heavy atom. The molecule has 0 bridgehead atoms. The Morgan fingerprint density at radius 3 is 1.62 bits per heavy atom.